The molecular formula is C11H20Br2. The van der Waals surface area contributed by atoms with Crippen LogP contribution >= 0.6 is 31.9 Å². The maximum absolute atomic E-state index is 3.81. The maximum atomic E-state index is 3.81. The Hall–Kier alpha value is 0.960. The Labute approximate surface area is 99.1 Å². The molecule has 1 rings (SSSR count). The van der Waals surface area contributed by atoms with Crippen LogP contribution in [0.25, 0.3) is 0 Å². The van der Waals surface area contributed by atoms with Crippen molar-refractivity contribution in [1.82, 2.24) is 0 Å². The molecule has 1 aliphatic rings. The molecule has 0 spiro atoms. The van der Waals surface area contributed by atoms with Crippen molar-refractivity contribution in [1.29, 1.82) is 0 Å². The first kappa shape index (κ1) is 12.0. The van der Waals surface area contributed by atoms with Crippen LogP contribution in [0.2, 0.25) is 0 Å². The Bertz CT molecular complexity index is 128. The molecule has 78 valence electrons. The van der Waals surface area contributed by atoms with E-state index in [-0.39, 0.29) is 0 Å². The first-order chi connectivity index (χ1) is 6.27. The first-order valence-electron chi connectivity index (χ1n) is 5.48. The van der Waals surface area contributed by atoms with E-state index < -0.39 is 0 Å². The summed E-state index contributed by atoms with van der Waals surface area (Å²) >= 11 is 7.32. The van der Waals surface area contributed by atoms with E-state index in [9.17, 15) is 0 Å². The average Bonchev–Trinajstić information content (AvgIpc) is 2.18. The van der Waals surface area contributed by atoms with Gasteiger partial charge >= 0.3 is 0 Å². The van der Waals surface area contributed by atoms with E-state index in [4.69, 9.17) is 0 Å². The highest BCUT2D eigenvalue weighted by atomic mass is 79.9. The molecule has 0 amide bonds. The fourth-order valence-corrected chi connectivity index (χ4v) is 4.16. The number of alkyl halides is 2. The van der Waals surface area contributed by atoms with E-state index in [1.54, 1.807) is 0 Å². The van der Waals surface area contributed by atoms with Gasteiger partial charge in [-0.3, -0.25) is 0 Å². The smallest absolute Gasteiger partial charge is 0.0182 e. The Kier molecular flexibility index (Phi) is 5.96. The second-order valence-electron chi connectivity index (χ2n) is 4.18. The minimum atomic E-state index is 0.754. The van der Waals surface area contributed by atoms with Crippen LogP contribution < -0.4 is 0 Å². The minimum absolute atomic E-state index is 0.754. The highest BCUT2D eigenvalue weighted by molar-refractivity contribution is 9.10. The zero-order valence-corrected chi connectivity index (χ0v) is 11.6. The van der Waals surface area contributed by atoms with Gasteiger partial charge < -0.3 is 0 Å². The van der Waals surface area contributed by atoms with Gasteiger partial charge in [0.25, 0.3) is 0 Å². The number of rotatable bonds is 4. The summed E-state index contributed by atoms with van der Waals surface area (Å²) < 4.78 is 0. The van der Waals surface area contributed by atoms with Crippen LogP contribution in [0, 0.1) is 11.8 Å². The topological polar surface area (TPSA) is 0 Å². The maximum Gasteiger partial charge on any atom is 0.0182 e. The zero-order valence-electron chi connectivity index (χ0n) is 8.44. The summed E-state index contributed by atoms with van der Waals surface area (Å²) in [6, 6.07) is 0. The van der Waals surface area contributed by atoms with Crippen molar-refractivity contribution < 1.29 is 0 Å². The molecule has 0 N–H and O–H groups in total. The van der Waals surface area contributed by atoms with Gasteiger partial charge in [0.2, 0.25) is 0 Å². The Morgan fingerprint density at radius 3 is 2.31 bits per heavy atom. The van der Waals surface area contributed by atoms with Crippen LogP contribution in [0.3, 0.4) is 0 Å². The third-order valence-electron chi connectivity index (χ3n) is 3.37. The SMILES string of the molecule is CCC1CCC(C(Br)CCBr)CC1. The normalized spacial score (nSPS) is 31.6. The Morgan fingerprint density at radius 1 is 1.23 bits per heavy atom. The predicted octanol–water partition coefficient (Wildman–Crippen LogP) is 4.75. The molecule has 1 unspecified atom stereocenters. The lowest BCUT2D eigenvalue weighted by molar-refractivity contribution is 0.265. The summed E-state index contributed by atoms with van der Waals surface area (Å²) in [5.41, 5.74) is 0. The molecule has 0 radical (unpaired) electrons. The molecule has 0 bridgehead atoms. The molecule has 0 aliphatic heterocycles. The van der Waals surface area contributed by atoms with Crippen LogP contribution in [0.4, 0.5) is 0 Å². The van der Waals surface area contributed by atoms with Crippen molar-refractivity contribution in [3.8, 4) is 0 Å². The van der Waals surface area contributed by atoms with Crippen LogP contribution in [0.5, 0.6) is 0 Å². The third kappa shape index (κ3) is 3.91. The summed E-state index contributed by atoms with van der Waals surface area (Å²) in [6.45, 7) is 2.33. The highest BCUT2D eigenvalue weighted by Gasteiger charge is 2.24. The summed E-state index contributed by atoms with van der Waals surface area (Å²) in [4.78, 5) is 0.754. The van der Waals surface area contributed by atoms with Gasteiger partial charge in [-0.05, 0) is 31.1 Å². The van der Waals surface area contributed by atoms with E-state index in [0.29, 0.717) is 0 Å². The summed E-state index contributed by atoms with van der Waals surface area (Å²) in [6.07, 6.45) is 8.49. The molecule has 0 aromatic heterocycles. The highest BCUT2D eigenvalue weighted by Crippen LogP contribution is 2.35. The van der Waals surface area contributed by atoms with Crippen molar-refractivity contribution in [2.45, 2.75) is 50.3 Å². The average molecular weight is 312 g/mol. The van der Waals surface area contributed by atoms with Crippen molar-refractivity contribution in [3.05, 3.63) is 0 Å². The minimum Gasteiger partial charge on any atom is -0.0928 e. The Morgan fingerprint density at radius 2 is 1.85 bits per heavy atom. The molecular weight excluding hydrogens is 292 g/mol. The summed E-state index contributed by atoms with van der Waals surface area (Å²) in [5.74, 6) is 1.97. The molecule has 0 aromatic rings. The van der Waals surface area contributed by atoms with Gasteiger partial charge in [-0.25, -0.2) is 0 Å². The predicted molar refractivity (Wildman–Crippen MR) is 66.9 cm³/mol. The van der Waals surface area contributed by atoms with E-state index in [1.165, 1.54) is 38.5 Å². The van der Waals surface area contributed by atoms with Crippen LogP contribution in [0.15, 0.2) is 0 Å². The lowest BCUT2D eigenvalue weighted by Crippen LogP contribution is -2.21. The lowest BCUT2D eigenvalue weighted by atomic mass is 9.79. The quantitative estimate of drug-likeness (QED) is 0.657. The third-order valence-corrected chi connectivity index (χ3v) is 5.03. The van der Waals surface area contributed by atoms with Gasteiger partial charge in [0, 0.05) is 10.2 Å². The summed E-state index contributed by atoms with van der Waals surface area (Å²) in [5, 5.41) is 1.14. The molecule has 1 saturated carbocycles. The summed E-state index contributed by atoms with van der Waals surface area (Å²) in [7, 11) is 0. The van der Waals surface area contributed by atoms with Gasteiger partial charge in [-0.1, -0.05) is 58.0 Å². The Balaban J connectivity index is 2.23. The number of hydrogen-bond acceptors (Lipinski definition) is 0. The van der Waals surface area contributed by atoms with Crippen molar-refractivity contribution in [2.75, 3.05) is 5.33 Å². The first-order valence-corrected chi connectivity index (χ1v) is 7.51. The van der Waals surface area contributed by atoms with Crippen molar-refractivity contribution in [2.24, 2.45) is 11.8 Å². The van der Waals surface area contributed by atoms with Crippen LogP contribution in [-0.4, -0.2) is 10.2 Å². The van der Waals surface area contributed by atoms with E-state index >= 15 is 0 Å². The van der Waals surface area contributed by atoms with Gasteiger partial charge in [0.1, 0.15) is 0 Å². The van der Waals surface area contributed by atoms with E-state index in [0.717, 1.165) is 22.0 Å². The van der Waals surface area contributed by atoms with Gasteiger partial charge in [-0.15, -0.1) is 0 Å². The largest absolute Gasteiger partial charge is 0.0928 e. The van der Waals surface area contributed by atoms with E-state index in [2.05, 4.69) is 38.8 Å². The molecule has 0 saturated heterocycles. The molecule has 0 heterocycles. The lowest BCUT2D eigenvalue weighted by Gasteiger charge is -2.30. The standard InChI is InChI=1S/C11H20Br2/c1-2-9-3-5-10(6-4-9)11(13)7-8-12/h9-11H,2-8H2,1H3. The van der Waals surface area contributed by atoms with Gasteiger partial charge in [0.05, 0.1) is 0 Å². The monoisotopic (exact) mass is 310 g/mol. The zero-order chi connectivity index (χ0) is 9.68. The molecule has 1 fully saturated rings. The van der Waals surface area contributed by atoms with Crippen LogP contribution in [-0.2, 0) is 0 Å². The van der Waals surface area contributed by atoms with Gasteiger partial charge in [-0.2, -0.15) is 0 Å². The molecule has 13 heavy (non-hydrogen) atoms. The van der Waals surface area contributed by atoms with Gasteiger partial charge in [0.15, 0.2) is 0 Å². The molecule has 1 aliphatic carbocycles. The number of hydrogen-bond donors (Lipinski definition) is 0. The molecule has 0 aromatic carbocycles. The van der Waals surface area contributed by atoms with Crippen molar-refractivity contribution >= 4 is 31.9 Å². The second kappa shape index (κ2) is 6.44. The molecule has 1 atom stereocenters. The number of halogens is 2. The fourth-order valence-electron chi connectivity index (χ4n) is 2.30. The molecule has 2 heteroatoms. The fraction of sp³-hybridized carbons (Fsp3) is 1.00. The molecule has 0 nitrogen and oxygen atoms in total. The second-order valence-corrected chi connectivity index (χ2v) is 6.15. The van der Waals surface area contributed by atoms with Crippen molar-refractivity contribution in [3.63, 3.8) is 0 Å². The van der Waals surface area contributed by atoms with E-state index in [1.807, 2.05) is 0 Å². The van der Waals surface area contributed by atoms with Crippen LogP contribution in [0.1, 0.15) is 45.4 Å².